The summed E-state index contributed by atoms with van der Waals surface area (Å²) in [6.07, 6.45) is 6.45. The number of imidazole rings is 1. The van der Waals surface area contributed by atoms with Crippen LogP contribution >= 0.6 is 0 Å². The van der Waals surface area contributed by atoms with Crippen molar-refractivity contribution in [1.29, 1.82) is 0 Å². The van der Waals surface area contributed by atoms with E-state index in [0.29, 0.717) is 18.5 Å². The molecule has 1 aliphatic heterocycles. The van der Waals surface area contributed by atoms with Crippen molar-refractivity contribution in [3.05, 3.63) is 17.2 Å². The van der Waals surface area contributed by atoms with Crippen LogP contribution in [0.2, 0.25) is 0 Å². The molecule has 1 atom stereocenters. The number of aromatic carboxylic acids is 1. The first-order valence-corrected chi connectivity index (χ1v) is 7.55. The van der Waals surface area contributed by atoms with Gasteiger partial charge in [-0.25, -0.2) is 14.6 Å². The molecule has 1 fully saturated rings. The summed E-state index contributed by atoms with van der Waals surface area (Å²) in [5, 5.41) is 9.39. The van der Waals surface area contributed by atoms with Gasteiger partial charge in [0, 0.05) is 5.92 Å². The Bertz CT molecular complexity index is 572. The summed E-state index contributed by atoms with van der Waals surface area (Å²) in [6.45, 7) is 0. The molecule has 1 saturated carbocycles. The Morgan fingerprint density at radius 3 is 2.57 bits per heavy atom. The molecule has 2 aliphatic rings. The average Bonchev–Trinajstić information content (AvgIpc) is 3.12. The molecule has 0 bridgehead atoms. The van der Waals surface area contributed by atoms with Crippen LogP contribution in [0.5, 0.6) is 0 Å². The van der Waals surface area contributed by atoms with E-state index in [1.165, 1.54) is 7.11 Å². The topological polar surface area (TPSA) is 81.4 Å². The van der Waals surface area contributed by atoms with Crippen molar-refractivity contribution in [2.45, 2.75) is 56.9 Å². The first-order valence-electron chi connectivity index (χ1n) is 7.55. The van der Waals surface area contributed by atoms with Crippen LogP contribution in [0, 0.1) is 0 Å². The minimum Gasteiger partial charge on any atom is -0.476 e. The maximum absolute atomic E-state index is 12.1. The van der Waals surface area contributed by atoms with E-state index in [0.717, 1.165) is 37.9 Å². The second-order valence-corrected chi connectivity index (χ2v) is 5.85. The number of carboxylic acid groups (broad SMARTS) is 1. The van der Waals surface area contributed by atoms with Crippen molar-refractivity contribution >= 4 is 11.9 Å². The number of hydrogen-bond donors (Lipinski definition) is 1. The first kappa shape index (κ1) is 14.1. The highest BCUT2D eigenvalue weighted by Gasteiger charge is 2.36. The largest absolute Gasteiger partial charge is 0.476 e. The van der Waals surface area contributed by atoms with Crippen LogP contribution in [-0.2, 0) is 16.0 Å². The molecule has 3 rings (SSSR count). The molecule has 1 aromatic rings. The van der Waals surface area contributed by atoms with Crippen molar-refractivity contribution in [2.24, 2.45) is 0 Å². The van der Waals surface area contributed by atoms with Gasteiger partial charge in [0.25, 0.3) is 0 Å². The molecule has 1 aliphatic carbocycles. The van der Waals surface area contributed by atoms with E-state index in [1.54, 1.807) is 0 Å². The van der Waals surface area contributed by atoms with E-state index in [1.807, 2.05) is 4.57 Å². The third-order valence-corrected chi connectivity index (χ3v) is 4.64. The Hall–Kier alpha value is -1.85. The van der Waals surface area contributed by atoms with Gasteiger partial charge < -0.3 is 14.4 Å². The summed E-state index contributed by atoms with van der Waals surface area (Å²) in [5.41, 5.74) is 0.802. The molecule has 6 nitrogen and oxygen atoms in total. The van der Waals surface area contributed by atoms with Crippen LogP contribution in [0.4, 0.5) is 0 Å². The van der Waals surface area contributed by atoms with Gasteiger partial charge in [-0.1, -0.05) is 12.8 Å². The molecule has 21 heavy (non-hydrogen) atoms. The number of ether oxygens (including phenoxy) is 1. The van der Waals surface area contributed by atoms with Gasteiger partial charge in [0.05, 0.1) is 12.8 Å². The van der Waals surface area contributed by atoms with Gasteiger partial charge in [-0.2, -0.15) is 0 Å². The monoisotopic (exact) mass is 292 g/mol. The van der Waals surface area contributed by atoms with E-state index in [2.05, 4.69) is 4.98 Å². The summed E-state index contributed by atoms with van der Waals surface area (Å²) >= 11 is 0. The molecular formula is C15H20N2O4. The van der Waals surface area contributed by atoms with E-state index in [9.17, 15) is 14.7 Å². The Balaban J connectivity index is 2.11. The zero-order valence-electron chi connectivity index (χ0n) is 12.2. The van der Waals surface area contributed by atoms with Gasteiger partial charge in [-0.3, -0.25) is 0 Å². The van der Waals surface area contributed by atoms with Crippen LogP contribution in [0.25, 0.3) is 0 Å². The lowest BCUT2D eigenvalue weighted by Gasteiger charge is -2.26. The Kier molecular flexibility index (Phi) is 3.69. The molecule has 1 aromatic heterocycles. The predicted molar refractivity (Wildman–Crippen MR) is 74.4 cm³/mol. The van der Waals surface area contributed by atoms with Gasteiger partial charge in [-0.05, 0) is 32.1 Å². The van der Waals surface area contributed by atoms with E-state index in [4.69, 9.17) is 4.74 Å². The Morgan fingerprint density at radius 2 is 1.95 bits per heavy atom. The van der Waals surface area contributed by atoms with Gasteiger partial charge in [0.1, 0.15) is 11.9 Å². The summed E-state index contributed by atoms with van der Waals surface area (Å²) in [4.78, 5) is 27.9. The number of rotatable bonds is 3. The minimum atomic E-state index is -1.01. The highest BCUT2D eigenvalue weighted by Crippen LogP contribution is 2.39. The highest BCUT2D eigenvalue weighted by atomic mass is 16.5. The van der Waals surface area contributed by atoms with Crippen molar-refractivity contribution in [1.82, 2.24) is 9.55 Å². The van der Waals surface area contributed by atoms with Crippen molar-refractivity contribution in [2.75, 3.05) is 7.11 Å². The van der Waals surface area contributed by atoms with Crippen LogP contribution in [0.3, 0.4) is 0 Å². The number of hydrogen-bond acceptors (Lipinski definition) is 4. The molecule has 2 heterocycles. The molecule has 0 saturated heterocycles. The Morgan fingerprint density at radius 1 is 1.24 bits per heavy atom. The molecule has 114 valence electrons. The molecule has 0 aromatic carbocycles. The number of carboxylic acids is 1. The summed E-state index contributed by atoms with van der Waals surface area (Å²) in [6, 6.07) is -0.421. The number of fused-ring (bicyclic) bond motifs is 1. The zero-order valence-corrected chi connectivity index (χ0v) is 12.2. The fourth-order valence-corrected chi connectivity index (χ4v) is 3.67. The lowest BCUT2D eigenvalue weighted by atomic mass is 9.99. The van der Waals surface area contributed by atoms with Crippen molar-refractivity contribution in [3.63, 3.8) is 0 Å². The summed E-state index contributed by atoms with van der Waals surface area (Å²) in [7, 11) is 1.38. The van der Waals surface area contributed by atoms with Crippen LogP contribution < -0.4 is 0 Å². The summed E-state index contributed by atoms with van der Waals surface area (Å²) in [5.74, 6) is -0.268. The maximum atomic E-state index is 12.1. The smallest absolute Gasteiger partial charge is 0.356 e. The standard InChI is InChI=1S/C15H20N2O4/c1-21-15(20)11-8-4-7-10-12(14(18)19)16-13(17(10)11)9-5-2-3-6-9/h9,11H,2-8H2,1H3,(H,18,19). The van der Waals surface area contributed by atoms with Crippen LogP contribution in [0.1, 0.15) is 72.5 Å². The van der Waals surface area contributed by atoms with E-state index >= 15 is 0 Å². The lowest BCUT2D eigenvalue weighted by molar-refractivity contribution is -0.145. The third kappa shape index (κ3) is 2.32. The quantitative estimate of drug-likeness (QED) is 0.864. The maximum Gasteiger partial charge on any atom is 0.356 e. The number of methoxy groups -OCH3 is 1. The second kappa shape index (κ2) is 5.50. The summed E-state index contributed by atoms with van der Waals surface area (Å²) < 4.78 is 6.77. The zero-order chi connectivity index (χ0) is 15.0. The predicted octanol–water partition coefficient (Wildman–Crippen LogP) is 2.29. The third-order valence-electron chi connectivity index (χ3n) is 4.64. The lowest BCUT2D eigenvalue weighted by Crippen LogP contribution is -2.28. The molecule has 0 radical (unpaired) electrons. The fraction of sp³-hybridized carbons (Fsp3) is 0.667. The number of carbonyl (C=O) groups is 2. The molecule has 0 amide bonds. The molecule has 6 heteroatoms. The fourth-order valence-electron chi connectivity index (χ4n) is 3.67. The normalized spacial score (nSPS) is 22.0. The van der Waals surface area contributed by atoms with Gasteiger partial charge >= 0.3 is 11.9 Å². The molecule has 1 N–H and O–H groups in total. The first-order chi connectivity index (χ1) is 10.1. The highest BCUT2D eigenvalue weighted by molar-refractivity contribution is 5.87. The number of carbonyl (C=O) groups excluding carboxylic acids is 1. The van der Waals surface area contributed by atoms with Crippen molar-refractivity contribution < 1.29 is 19.4 Å². The van der Waals surface area contributed by atoms with Gasteiger partial charge in [-0.15, -0.1) is 0 Å². The minimum absolute atomic E-state index is 0.116. The van der Waals surface area contributed by atoms with Crippen LogP contribution in [0.15, 0.2) is 0 Å². The Labute approximate surface area is 123 Å². The number of esters is 1. The van der Waals surface area contributed by atoms with Crippen molar-refractivity contribution in [3.8, 4) is 0 Å². The van der Waals surface area contributed by atoms with Gasteiger partial charge in [0.2, 0.25) is 0 Å². The molecular weight excluding hydrogens is 272 g/mol. The van der Waals surface area contributed by atoms with Gasteiger partial charge in [0.15, 0.2) is 5.69 Å². The number of aromatic nitrogens is 2. The average molecular weight is 292 g/mol. The SMILES string of the molecule is COC(=O)C1CCCc2c(C(=O)O)nc(C3CCCC3)n21. The second-order valence-electron chi connectivity index (χ2n) is 5.85. The van der Waals surface area contributed by atoms with E-state index < -0.39 is 12.0 Å². The molecule has 1 unspecified atom stereocenters. The van der Waals surface area contributed by atoms with E-state index in [-0.39, 0.29) is 17.6 Å². The molecule has 0 spiro atoms. The van der Waals surface area contributed by atoms with Crippen LogP contribution in [-0.4, -0.2) is 33.7 Å². The number of nitrogens with zero attached hydrogens (tertiary/aromatic N) is 2.